The summed E-state index contributed by atoms with van der Waals surface area (Å²) in [5.41, 5.74) is 3.73. The van der Waals surface area contributed by atoms with Crippen LogP contribution < -0.4 is 20.0 Å². The van der Waals surface area contributed by atoms with Gasteiger partial charge in [0.2, 0.25) is 15.0 Å². The maximum absolute atomic E-state index is 14.6. The van der Waals surface area contributed by atoms with Gasteiger partial charge < -0.3 is 24.2 Å². The van der Waals surface area contributed by atoms with Crippen molar-refractivity contribution in [3.8, 4) is 5.69 Å². The zero-order valence-electron chi connectivity index (χ0n) is 27.0. The van der Waals surface area contributed by atoms with Crippen molar-refractivity contribution in [1.29, 1.82) is 0 Å². The van der Waals surface area contributed by atoms with Crippen molar-refractivity contribution < 1.29 is 22.7 Å². The Morgan fingerprint density at radius 1 is 0.980 bits per heavy atom. The van der Waals surface area contributed by atoms with E-state index in [-0.39, 0.29) is 44.1 Å². The first-order chi connectivity index (χ1) is 23.5. The van der Waals surface area contributed by atoms with Crippen LogP contribution in [0.2, 0.25) is 0 Å². The number of hydrogen-bond donors (Lipinski definition) is 0. The van der Waals surface area contributed by atoms with Gasteiger partial charge in [-0.05, 0) is 42.3 Å². The van der Waals surface area contributed by atoms with Gasteiger partial charge in [0.25, 0.3) is 5.56 Å². The fraction of sp³-hybridized carbons (Fsp3) is 0.257. The van der Waals surface area contributed by atoms with E-state index in [0.29, 0.717) is 41.3 Å². The lowest BCUT2D eigenvalue weighted by Crippen LogP contribution is -2.51. The highest BCUT2D eigenvalue weighted by Crippen LogP contribution is 2.40. The second-order valence-electron chi connectivity index (χ2n) is 12.1. The van der Waals surface area contributed by atoms with Crippen LogP contribution in [0.15, 0.2) is 95.0 Å². The van der Waals surface area contributed by atoms with Crippen molar-refractivity contribution in [1.82, 2.24) is 19.2 Å². The molecule has 5 aromatic rings. The number of ether oxygens (including phenoxy) is 2. The highest BCUT2D eigenvalue weighted by atomic mass is 32.2. The van der Waals surface area contributed by atoms with Crippen LogP contribution in [0.3, 0.4) is 0 Å². The van der Waals surface area contributed by atoms with Crippen LogP contribution in [0.4, 0.5) is 27.5 Å². The number of aryl methyl sites for hydroxylation is 1. The number of pyridine rings is 1. The number of amides is 1. The van der Waals surface area contributed by atoms with E-state index in [0.717, 1.165) is 17.4 Å². The van der Waals surface area contributed by atoms with Crippen molar-refractivity contribution in [3.05, 3.63) is 112 Å². The number of carbonyl (C=O) groups is 1. The molecule has 0 unspecified atom stereocenters. The van der Waals surface area contributed by atoms with Gasteiger partial charge in [0.05, 0.1) is 30.3 Å². The molecule has 1 saturated heterocycles. The van der Waals surface area contributed by atoms with Gasteiger partial charge in [-0.15, -0.1) is 0 Å². The highest BCUT2D eigenvalue weighted by Gasteiger charge is 2.32. The maximum atomic E-state index is 14.6. The Morgan fingerprint density at radius 3 is 2.43 bits per heavy atom. The smallest absolute Gasteiger partial charge is 0.414 e. The minimum atomic E-state index is -3.80. The van der Waals surface area contributed by atoms with Crippen LogP contribution in [0, 0.1) is 12.1 Å². The van der Waals surface area contributed by atoms with Gasteiger partial charge in [-0.25, -0.2) is 18.2 Å². The average Bonchev–Trinajstić information content (AvgIpc) is 3.10. The van der Waals surface area contributed by atoms with Crippen molar-refractivity contribution in [3.63, 3.8) is 0 Å². The maximum Gasteiger partial charge on any atom is 0.414 e. The van der Waals surface area contributed by atoms with E-state index < -0.39 is 31.3 Å². The summed E-state index contributed by atoms with van der Waals surface area (Å²) in [5, 5.41) is 13.5. The Bertz CT molecular complexity index is 2220. The van der Waals surface area contributed by atoms with E-state index in [1.54, 1.807) is 35.2 Å². The predicted octanol–water partition coefficient (Wildman–Crippen LogP) is 4.62. The van der Waals surface area contributed by atoms with E-state index in [4.69, 9.17) is 9.47 Å². The van der Waals surface area contributed by atoms with Crippen molar-refractivity contribution in [2.75, 3.05) is 55.4 Å². The van der Waals surface area contributed by atoms with E-state index in [2.05, 4.69) is 9.97 Å². The number of aromatic nitrogens is 3. The molecule has 0 radical (unpaired) electrons. The molecule has 49 heavy (non-hydrogen) atoms. The highest BCUT2D eigenvalue weighted by molar-refractivity contribution is 7.90. The first-order valence-corrected chi connectivity index (χ1v) is 17.7. The van der Waals surface area contributed by atoms with E-state index in [9.17, 15) is 23.2 Å². The Morgan fingerprint density at radius 2 is 1.71 bits per heavy atom. The summed E-state index contributed by atoms with van der Waals surface area (Å²) in [4.78, 5) is 39.8. The fourth-order valence-electron chi connectivity index (χ4n) is 6.32. The number of sulfone groups is 1. The van der Waals surface area contributed by atoms with Crippen LogP contribution in [0.1, 0.15) is 11.1 Å². The Hall–Kier alpha value is -5.15. The number of carbonyl (C=O) groups excluding carboxylic acids is 1. The number of para-hydroxylation sites is 1. The molecule has 2 aliphatic heterocycles. The quantitative estimate of drug-likeness (QED) is 0.141. The molecule has 252 valence electrons. The van der Waals surface area contributed by atoms with Crippen molar-refractivity contribution in [2.24, 2.45) is 0 Å². The molecule has 0 atom stereocenters. The minimum Gasteiger partial charge on any atom is -0.627 e. The third kappa shape index (κ3) is 6.15. The first kappa shape index (κ1) is 32.4. The number of benzene rings is 3. The van der Waals surface area contributed by atoms with Gasteiger partial charge in [0, 0.05) is 43.1 Å². The lowest BCUT2D eigenvalue weighted by molar-refractivity contribution is 0.0615. The molecule has 0 bridgehead atoms. The summed E-state index contributed by atoms with van der Waals surface area (Å²) in [7, 11) is -3.80. The summed E-state index contributed by atoms with van der Waals surface area (Å²) in [6.07, 6.45) is 1.88. The van der Waals surface area contributed by atoms with Gasteiger partial charge in [-0.3, -0.25) is 14.3 Å². The molecule has 3 aromatic carbocycles. The number of morpholine rings is 1. The lowest BCUT2D eigenvalue weighted by atomic mass is 10.1. The number of fused-ring (bicyclic) bond motifs is 2. The molecular weight excluding hydrogens is 648 g/mol. The number of hydrogen-bond acceptors (Lipinski definition) is 10. The largest absolute Gasteiger partial charge is 0.627 e. The van der Waals surface area contributed by atoms with Crippen LogP contribution in [-0.4, -0.2) is 74.7 Å². The topological polar surface area (TPSA) is 147 Å². The Kier molecular flexibility index (Phi) is 8.40. The van der Waals surface area contributed by atoms with E-state index >= 15 is 0 Å². The zero-order valence-corrected chi connectivity index (χ0v) is 27.8. The minimum absolute atomic E-state index is 0.0990. The average molecular weight is 683 g/mol. The molecule has 4 heterocycles. The second kappa shape index (κ2) is 12.7. The normalized spacial score (nSPS) is 16.0. The summed E-state index contributed by atoms with van der Waals surface area (Å²) >= 11 is 0. The molecule has 13 nitrogen and oxygen atoms in total. The summed E-state index contributed by atoms with van der Waals surface area (Å²) in [6.45, 7) is 3.74. The molecule has 2 aliphatic rings. The molecule has 0 N–H and O–H groups in total. The second-order valence-corrected chi connectivity index (χ2v) is 14.0. The predicted molar refractivity (Wildman–Crippen MR) is 186 cm³/mol. The number of rotatable bonds is 6. The third-order valence-electron chi connectivity index (χ3n) is 8.84. The lowest BCUT2D eigenvalue weighted by Gasteiger charge is -2.44. The number of anilines is 3. The third-order valence-corrected chi connectivity index (χ3v) is 9.70. The molecular formula is C35H34N6O7S. The van der Waals surface area contributed by atoms with Gasteiger partial charge in [-0.2, -0.15) is 4.98 Å². The van der Waals surface area contributed by atoms with Crippen LogP contribution in [0.5, 0.6) is 0 Å². The molecule has 1 amide bonds. The first-order valence-electron chi connectivity index (χ1n) is 15.8. The molecule has 0 spiro atoms. The molecule has 0 aliphatic carbocycles. The summed E-state index contributed by atoms with van der Waals surface area (Å²) in [6, 6.07) is 23.3. The monoisotopic (exact) mass is 682 g/mol. The molecule has 0 saturated carbocycles. The zero-order chi connectivity index (χ0) is 34.3. The van der Waals surface area contributed by atoms with Crippen LogP contribution in [-0.2, 0) is 25.9 Å². The van der Waals surface area contributed by atoms with Gasteiger partial charge in [0.1, 0.15) is 31.1 Å². The molecule has 1 fully saturated rings. The standard InChI is InChI=1S/C35H34N6O7S/c1-24-7-6-10-29-31(24)39(35(43)48-23-25-8-4-3-5-9-25)16-15-38(29)30-21-26-22-36-34(49(2,45)46)37-32(26)40(33(30)42)27-11-13-28(14-12-27)41(44)17-19-47-20-18-41/h3-14,21-22H,15-20,23H2,1-2H3. The summed E-state index contributed by atoms with van der Waals surface area (Å²) in [5.74, 6) is 0. The molecule has 14 heteroatoms. The fourth-order valence-corrected chi connectivity index (χ4v) is 6.82. The van der Waals surface area contributed by atoms with Crippen LogP contribution >= 0.6 is 0 Å². The Balaban J connectivity index is 1.33. The SMILES string of the molecule is Cc1cccc2c1N(C(=O)OCc1ccccc1)CCN2c1cc2cnc(S(C)(=O)=O)nc2n(-c2ccc([N+]3([O-])CCOCC3)cc2)c1=O. The van der Waals surface area contributed by atoms with Crippen LogP contribution in [0.25, 0.3) is 16.7 Å². The van der Waals surface area contributed by atoms with Gasteiger partial charge in [0.15, 0.2) is 5.65 Å². The van der Waals surface area contributed by atoms with E-state index in [1.807, 2.05) is 60.4 Å². The van der Waals surface area contributed by atoms with Crippen molar-refractivity contribution in [2.45, 2.75) is 18.7 Å². The number of quaternary nitrogens is 1. The molecule has 7 rings (SSSR count). The molecule has 2 aromatic heterocycles. The van der Waals surface area contributed by atoms with Crippen molar-refractivity contribution >= 4 is 49.7 Å². The Labute approximate surface area is 282 Å². The van der Waals surface area contributed by atoms with Gasteiger partial charge in [-0.1, -0.05) is 42.5 Å². The summed E-state index contributed by atoms with van der Waals surface area (Å²) < 4.78 is 36.8. The number of nitrogens with zero attached hydrogens (tertiary/aromatic N) is 6. The van der Waals surface area contributed by atoms with E-state index in [1.165, 1.54) is 10.8 Å². The number of hydroxylamine groups is 2. The van der Waals surface area contributed by atoms with Gasteiger partial charge >= 0.3 is 6.09 Å².